The number of rotatable bonds is 8. The van der Waals surface area contributed by atoms with Crippen LogP contribution in [0.3, 0.4) is 0 Å². The summed E-state index contributed by atoms with van der Waals surface area (Å²) in [7, 11) is 0. The Hall–Kier alpha value is -2.91. The van der Waals surface area contributed by atoms with Crippen LogP contribution in [0.25, 0.3) is 0 Å². The van der Waals surface area contributed by atoms with E-state index in [2.05, 4.69) is 15.4 Å². The van der Waals surface area contributed by atoms with Gasteiger partial charge in [0.2, 0.25) is 0 Å². The van der Waals surface area contributed by atoms with Crippen molar-refractivity contribution in [2.75, 3.05) is 37.1 Å². The average Bonchev–Trinajstić information content (AvgIpc) is 2.59. The molecule has 0 aromatic heterocycles. The summed E-state index contributed by atoms with van der Waals surface area (Å²) in [5.74, 6) is -0.626. The minimum absolute atomic E-state index is 0.00853. The molecule has 0 heterocycles. The number of aliphatic hydroxyl groups excluding tert-OH is 2. The summed E-state index contributed by atoms with van der Waals surface area (Å²) in [6, 6.07) is 4.75. The molecule has 1 rings (SSSR count). The first kappa shape index (κ1) is 20.1. The number of aliphatic hydroxyl groups is 2. The standard InChI is InChI=1S/C16H20N2O7/c1-11-4-5-12(17-15(22)25-10-13(21)9-20)8-14(11)18-16(23)24-7-3-2-6-19/h2-5,8,19-20H,6-7,9-10H2,1H3,(H,17,22)(H,18,23). The van der Waals surface area contributed by atoms with E-state index in [9.17, 15) is 14.4 Å². The first-order valence-corrected chi connectivity index (χ1v) is 7.33. The van der Waals surface area contributed by atoms with Crippen LogP contribution in [0.15, 0.2) is 30.4 Å². The highest BCUT2D eigenvalue weighted by Gasteiger charge is 2.10. The quantitative estimate of drug-likeness (QED) is 0.516. The molecule has 4 N–H and O–H groups in total. The Morgan fingerprint density at radius 1 is 1.08 bits per heavy atom. The minimum atomic E-state index is -0.867. The van der Waals surface area contributed by atoms with Crippen LogP contribution in [0.2, 0.25) is 0 Å². The van der Waals surface area contributed by atoms with Crippen LogP contribution < -0.4 is 10.6 Å². The molecule has 0 aliphatic carbocycles. The summed E-state index contributed by atoms with van der Waals surface area (Å²) in [6.07, 6.45) is 1.37. The van der Waals surface area contributed by atoms with Gasteiger partial charge in [0, 0.05) is 11.4 Å². The topological polar surface area (TPSA) is 134 Å². The van der Waals surface area contributed by atoms with Gasteiger partial charge >= 0.3 is 12.2 Å². The smallest absolute Gasteiger partial charge is 0.412 e. The van der Waals surface area contributed by atoms with Crippen LogP contribution in [0.1, 0.15) is 5.56 Å². The van der Waals surface area contributed by atoms with Gasteiger partial charge in [-0.3, -0.25) is 15.4 Å². The number of nitrogens with one attached hydrogen (secondary N) is 2. The number of hydrogen-bond donors (Lipinski definition) is 4. The van der Waals surface area contributed by atoms with Crippen LogP contribution in [-0.2, 0) is 14.3 Å². The molecule has 136 valence electrons. The van der Waals surface area contributed by atoms with E-state index in [-0.39, 0.29) is 13.2 Å². The van der Waals surface area contributed by atoms with Crippen molar-refractivity contribution in [2.45, 2.75) is 6.92 Å². The zero-order valence-corrected chi connectivity index (χ0v) is 13.7. The maximum atomic E-state index is 11.7. The molecule has 25 heavy (non-hydrogen) atoms. The Labute approximate surface area is 144 Å². The zero-order valence-electron chi connectivity index (χ0n) is 13.7. The molecule has 9 nitrogen and oxygen atoms in total. The number of anilines is 2. The van der Waals surface area contributed by atoms with Gasteiger partial charge in [-0.2, -0.15) is 0 Å². The lowest BCUT2D eigenvalue weighted by Crippen LogP contribution is -2.20. The molecule has 0 radical (unpaired) electrons. The highest BCUT2D eigenvalue weighted by Crippen LogP contribution is 2.20. The number of ketones is 1. The highest BCUT2D eigenvalue weighted by molar-refractivity contribution is 5.91. The van der Waals surface area contributed by atoms with Gasteiger partial charge in [0.05, 0.1) is 6.61 Å². The summed E-state index contributed by atoms with van der Waals surface area (Å²) in [6.45, 7) is 0.379. The molecule has 1 aromatic carbocycles. The Morgan fingerprint density at radius 3 is 2.48 bits per heavy atom. The van der Waals surface area contributed by atoms with Crippen LogP contribution in [0, 0.1) is 6.92 Å². The molecule has 9 heteroatoms. The van der Waals surface area contributed by atoms with Crippen LogP contribution in [0.5, 0.6) is 0 Å². The number of aryl methyl sites for hydroxylation is 1. The Kier molecular flexibility index (Phi) is 8.69. The lowest BCUT2D eigenvalue weighted by molar-refractivity contribution is -0.124. The second-order valence-corrected chi connectivity index (χ2v) is 4.81. The zero-order chi connectivity index (χ0) is 18.7. The fraction of sp³-hybridized carbons (Fsp3) is 0.312. The summed E-state index contributed by atoms with van der Waals surface area (Å²) >= 11 is 0. The number of amides is 2. The van der Waals surface area contributed by atoms with Gasteiger partial charge in [0.25, 0.3) is 0 Å². The molecule has 0 atom stereocenters. The third-order valence-corrected chi connectivity index (χ3v) is 2.84. The van der Waals surface area contributed by atoms with Crippen LogP contribution >= 0.6 is 0 Å². The second-order valence-electron chi connectivity index (χ2n) is 4.81. The van der Waals surface area contributed by atoms with E-state index in [1.54, 1.807) is 19.1 Å². The van der Waals surface area contributed by atoms with E-state index in [0.29, 0.717) is 11.4 Å². The fourth-order valence-electron chi connectivity index (χ4n) is 1.59. The van der Waals surface area contributed by atoms with Gasteiger partial charge in [0.1, 0.15) is 13.2 Å². The van der Waals surface area contributed by atoms with Gasteiger partial charge in [-0.05, 0) is 30.7 Å². The van der Waals surface area contributed by atoms with Crippen molar-refractivity contribution in [3.8, 4) is 0 Å². The second kappa shape index (κ2) is 10.8. The van der Waals surface area contributed by atoms with Gasteiger partial charge in [0.15, 0.2) is 12.4 Å². The molecule has 0 saturated carbocycles. The maximum Gasteiger partial charge on any atom is 0.412 e. The molecule has 0 saturated heterocycles. The van der Waals surface area contributed by atoms with Crippen LogP contribution in [-0.4, -0.2) is 54.6 Å². The third kappa shape index (κ3) is 7.95. The largest absolute Gasteiger partial charge is 0.445 e. The van der Waals surface area contributed by atoms with Crippen molar-refractivity contribution in [3.05, 3.63) is 35.9 Å². The van der Waals surface area contributed by atoms with Crippen molar-refractivity contribution < 1.29 is 34.1 Å². The number of Topliss-reactive ketones (excluding diaryl/α,β-unsaturated/α-hetero) is 1. The lowest BCUT2D eigenvalue weighted by Gasteiger charge is -2.11. The Bertz CT molecular complexity index is 643. The van der Waals surface area contributed by atoms with Crippen LogP contribution in [0.4, 0.5) is 21.0 Å². The highest BCUT2D eigenvalue weighted by atomic mass is 16.6. The van der Waals surface area contributed by atoms with E-state index in [4.69, 9.17) is 14.9 Å². The first-order chi connectivity index (χ1) is 12.0. The van der Waals surface area contributed by atoms with Gasteiger partial charge in [-0.15, -0.1) is 0 Å². The van der Waals surface area contributed by atoms with Crippen molar-refractivity contribution in [1.29, 1.82) is 0 Å². The Balaban J connectivity index is 2.60. The monoisotopic (exact) mass is 352 g/mol. The number of carbonyl (C=O) groups excluding carboxylic acids is 3. The number of ether oxygens (including phenoxy) is 2. The minimum Gasteiger partial charge on any atom is -0.445 e. The fourth-order valence-corrected chi connectivity index (χ4v) is 1.59. The van der Waals surface area contributed by atoms with Gasteiger partial charge in [-0.1, -0.05) is 12.1 Å². The van der Waals surface area contributed by atoms with E-state index >= 15 is 0 Å². The molecule has 0 spiro atoms. The van der Waals surface area contributed by atoms with Gasteiger partial charge in [-0.25, -0.2) is 9.59 Å². The summed E-state index contributed by atoms with van der Waals surface area (Å²) < 4.78 is 9.51. The molecule has 0 bridgehead atoms. The number of carbonyl (C=O) groups is 3. The normalized spacial score (nSPS) is 10.4. The van der Waals surface area contributed by atoms with Crippen molar-refractivity contribution in [1.82, 2.24) is 0 Å². The predicted molar refractivity (Wildman–Crippen MR) is 89.4 cm³/mol. The van der Waals surface area contributed by atoms with E-state index in [0.717, 1.165) is 5.56 Å². The molecule has 1 aromatic rings. The van der Waals surface area contributed by atoms with Gasteiger partial charge < -0.3 is 19.7 Å². The maximum absolute atomic E-state index is 11.7. The van der Waals surface area contributed by atoms with E-state index in [1.807, 2.05) is 0 Å². The average molecular weight is 352 g/mol. The van der Waals surface area contributed by atoms with Crippen molar-refractivity contribution >= 4 is 29.3 Å². The molecule has 0 aliphatic rings. The lowest BCUT2D eigenvalue weighted by atomic mass is 10.2. The van der Waals surface area contributed by atoms with Crippen molar-refractivity contribution in [2.24, 2.45) is 0 Å². The summed E-state index contributed by atoms with van der Waals surface area (Å²) in [5.41, 5.74) is 1.49. The summed E-state index contributed by atoms with van der Waals surface area (Å²) in [5, 5.41) is 22.0. The molecule has 2 amide bonds. The first-order valence-electron chi connectivity index (χ1n) is 7.33. The molecular weight excluding hydrogens is 332 g/mol. The Morgan fingerprint density at radius 2 is 1.80 bits per heavy atom. The molecular formula is C16H20N2O7. The SMILES string of the molecule is Cc1ccc(NC(=O)OCC(=O)CO)cc1NC(=O)OCC=CCO. The third-order valence-electron chi connectivity index (χ3n) is 2.84. The summed E-state index contributed by atoms with van der Waals surface area (Å²) in [4.78, 5) is 34.1. The molecule has 0 unspecified atom stereocenters. The molecule has 0 aliphatic heterocycles. The molecule has 0 fully saturated rings. The number of hydrogen-bond acceptors (Lipinski definition) is 7. The predicted octanol–water partition coefficient (Wildman–Crippen LogP) is 1.20. The number of benzene rings is 1. The van der Waals surface area contributed by atoms with E-state index in [1.165, 1.54) is 18.2 Å². The van der Waals surface area contributed by atoms with E-state index < -0.39 is 31.2 Å². The van der Waals surface area contributed by atoms with Crippen molar-refractivity contribution in [3.63, 3.8) is 0 Å².